The Labute approximate surface area is 186 Å². The van der Waals surface area contributed by atoms with Crippen LogP contribution in [0.15, 0.2) is 42.5 Å². The molecule has 8 heteroatoms. The lowest BCUT2D eigenvalue weighted by molar-refractivity contribution is -0.153. The highest BCUT2D eigenvalue weighted by molar-refractivity contribution is 6.31. The largest absolute Gasteiger partial charge is 0.491 e. The molecule has 0 amide bonds. The number of hydrogen-bond acceptors (Lipinski definition) is 6. The highest BCUT2D eigenvalue weighted by Gasteiger charge is 2.20. The highest BCUT2D eigenvalue weighted by atomic mass is 35.5. The van der Waals surface area contributed by atoms with Crippen molar-refractivity contribution in [3.8, 4) is 11.5 Å². The normalized spacial score (nSPS) is 13.0. The number of carboxylic acid groups (broad SMARTS) is 1. The predicted molar refractivity (Wildman–Crippen MR) is 116 cm³/mol. The van der Waals surface area contributed by atoms with Gasteiger partial charge in [-0.2, -0.15) is 0 Å². The maximum absolute atomic E-state index is 11.7. The summed E-state index contributed by atoms with van der Waals surface area (Å²) < 4.78 is 16.6. The molecule has 2 rings (SSSR count). The summed E-state index contributed by atoms with van der Waals surface area (Å²) in [7, 11) is 0. The number of Topliss-reactive ketones (excluding diaryl/α,β-unsaturated/α-hetero) is 1. The number of aliphatic hydroxyl groups is 1. The summed E-state index contributed by atoms with van der Waals surface area (Å²) in [6.07, 6.45) is -1.92. The molecule has 168 valence electrons. The van der Waals surface area contributed by atoms with Gasteiger partial charge in [-0.3, -0.25) is 4.79 Å². The lowest BCUT2D eigenvalue weighted by Crippen LogP contribution is -2.29. The molecule has 0 saturated heterocycles. The monoisotopic (exact) mass is 450 g/mol. The molecule has 2 atom stereocenters. The number of halogens is 1. The van der Waals surface area contributed by atoms with E-state index in [2.05, 4.69) is 0 Å². The van der Waals surface area contributed by atoms with Crippen molar-refractivity contribution in [2.75, 3.05) is 13.2 Å². The summed E-state index contributed by atoms with van der Waals surface area (Å²) in [6.45, 7) is 4.85. The second-order valence-corrected chi connectivity index (χ2v) is 7.77. The molecule has 0 bridgehead atoms. The third-order valence-electron chi connectivity index (χ3n) is 4.23. The maximum Gasteiger partial charge on any atom is 0.333 e. The molecule has 0 heterocycles. The van der Waals surface area contributed by atoms with E-state index in [0.29, 0.717) is 22.1 Å². The average Bonchev–Trinajstić information content (AvgIpc) is 2.70. The topological polar surface area (TPSA) is 102 Å². The minimum atomic E-state index is -1.03. The van der Waals surface area contributed by atoms with Crippen LogP contribution in [-0.2, 0) is 16.0 Å². The third-order valence-corrected chi connectivity index (χ3v) is 4.46. The van der Waals surface area contributed by atoms with Gasteiger partial charge >= 0.3 is 5.97 Å². The quantitative estimate of drug-likeness (QED) is 0.474. The zero-order chi connectivity index (χ0) is 23.0. The van der Waals surface area contributed by atoms with Crippen LogP contribution in [0, 0.1) is 0 Å². The van der Waals surface area contributed by atoms with Gasteiger partial charge in [0.05, 0.1) is 11.7 Å². The van der Waals surface area contributed by atoms with E-state index in [0.717, 1.165) is 5.56 Å². The van der Waals surface area contributed by atoms with E-state index in [9.17, 15) is 19.8 Å². The van der Waals surface area contributed by atoms with Gasteiger partial charge in [-0.15, -0.1) is 0 Å². The van der Waals surface area contributed by atoms with Gasteiger partial charge in [0.25, 0.3) is 0 Å². The fraction of sp³-hybridized carbons (Fsp3) is 0.391. The van der Waals surface area contributed by atoms with Crippen LogP contribution in [-0.4, -0.2) is 53.5 Å². The van der Waals surface area contributed by atoms with E-state index >= 15 is 0 Å². The number of carboxylic acids is 1. The summed E-state index contributed by atoms with van der Waals surface area (Å²) in [4.78, 5) is 23.1. The van der Waals surface area contributed by atoms with E-state index in [1.54, 1.807) is 50.2 Å². The number of hydrogen-bond donors (Lipinski definition) is 2. The van der Waals surface area contributed by atoms with Gasteiger partial charge in [0.2, 0.25) is 0 Å². The minimum absolute atomic E-state index is 0.0443. The maximum atomic E-state index is 11.7. The van der Waals surface area contributed by atoms with Gasteiger partial charge in [0, 0.05) is 11.4 Å². The van der Waals surface area contributed by atoms with E-state index in [1.807, 2.05) is 0 Å². The highest BCUT2D eigenvalue weighted by Crippen LogP contribution is 2.24. The lowest BCUT2D eigenvalue weighted by Gasteiger charge is -2.17. The van der Waals surface area contributed by atoms with Crippen molar-refractivity contribution in [1.29, 1.82) is 0 Å². The third kappa shape index (κ3) is 8.20. The van der Waals surface area contributed by atoms with Gasteiger partial charge in [0.15, 0.2) is 11.9 Å². The first-order chi connectivity index (χ1) is 14.7. The first-order valence-electron chi connectivity index (χ1n) is 9.87. The molecule has 2 N–H and O–H groups in total. The van der Waals surface area contributed by atoms with Crippen LogP contribution in [0.25, 0.3) is 0 Å². The Bertz CT molecular complexity index is 897. The molecule has 2 aromatic rings. The molecule has 0 aliphatic rings. The van der Waals surface area contributed by atoms with Crippen LogP contribution >= 0.6 is 11.6 Å². The SMILES string of the molecule is CC(=O)c1cc(Cl)ccc1OC[C@@H](O)COc1cccc(C[C@H](OC(C)C)C(=O)O)c1. The number of carbonyl (C=O) groups is 2. The first kappa shape index (κ1) is 24.7. The fourth-order valence-corrected chi connectivity index (χ4v) is 3.00. The Morgan fingerprint density at radius 3 is 2.42 bits per heavy atom. The molecule has 0 aliphatic carbocycles. The van der Waals surface area contributed by atoms with Crippen molar-refractivity contribution in [2.24, 2.45) is 0 Å². The van der Waals surface area contributed by atoms with E-state index in [-0.39, 0.29) is 31.5 Å². The predicted octanol–water partition coefficient (Wildman–Crippen LogP) is 3.78. The number of aliphatic carboxylic acids is 1. The smallest absolute Gasteiger partial charge is 0.333 e. The molecular formula is C23H27ClO7. The molecule has 0 radical (unpaired) electrons. The summed E-state index contributed by atoms with van der Waals surface area (Å²) in [5.41, 5.74) is 1.08. The summed E-state index contributed by atoms with van der Waals surface area (Å²) in [6, 6.07) is 11.6. The zero-order valence-electron chi connectivity index (χ0n) is 17.7. The van der Waals surface area contributed by atoms with Crippen LogP contribution in [0.4, 0.5) is 0 Å². The van der Waals surface area contributed by atoms with E-state index in [1.165, 1.54) is 13.0 Å². The van der Waals surface area contributed by atoms with Gasteiger partial charge in [0.1, 0.15) is 30.8 Å². The van der Waals surface area contributed by atoms with Gasteiger partial charge < -0.3 is 24.4 Å². The Morgan fingerprint density at radius 2 is 1.77 bits per heavy atom. The number of rotatable bonds is 12. The first-order valence-corrected chi connectivity index (χ1v) is 10.2. The van der Waals surface area contributed by atoms with Crippen LogP contribution < -0.4 is 9.47 Å². The molecule has 0 fully saturated rings. The molecule has 0 aromatic heterocycles. The molecule has 7 nitrogen and oxygen atoms in total. The van der Waals surface area contributed by atoms with Crippen LogP contribution in [0.5, 0.6) is 11.5 Å². The van der Waals surface area contributed by atoms with Crippen molar-refractivity contribution < 1.29 is 34.0 Å². The average molecular weight is 451 g/mol. The summed E-state index contributed by atoms with van der Waals surface area (Å²) in [5, 5.41) is 19.9. The van der Waals surface area contributed by atoms with Crippen molar-refractivity contribution in [3.63, 3.8) is 0 Å². The minimum Gasteiger partial charge on any atom is -0.491 e. The molecule has 2 aromatic carbocycles. The van der Waals surface area contributed by atoms with E-state index in [4.69, 9.17) is 25.8 Å². The Hall–Kier alpha value is -2.61. The summed E-state index contributed by atoms with van der Waals surface area (Å²) >= 11 is 5.91. The second kappa shape index (κ2) is 11.7. The molecule has 0 spiro atoms. The lowest BCUT2D eigenvalue weighted by atomic mass is 10.1. The Morgan fingerprint density at radius 1 is 1.06 bits per heavy atom. The van der Waals surface area contributed by atoms with Gasteiger partial charge in [-0.05, 0) is 56.7 Å². The Kier molecular flexibility index (Phi) is 9.30. The second-order valence-electron chi connectivity index (χ2n) is 7.34. The molecule has 31 heavy (non-hydrogen) atoms. The number of benzene rings is 2. The van der Waals surface area contributed by atoms with Crippen molar-refractivity contribution in [2.45, 2.75) is 45.5 Å². The number of ether oxygens (including phenoxy) is 3. The van der Waals surface area contributed by atoms with Crippen molar-refractivity contribution in [3.05, 3.63) is 58.6 Å². The van der Waals surface area contributed by atoms with Crippen LogP contribution in [0.1, 0.15) is 36.7 Å². The van der Waals surface area contributed by atoms with Crippen molar-refractivity contribution >= 4 is 23.4 Å². The number of aliphatic hydroxyl groups excluding tert-OH is 1. The van der Waals surface area contributed by atoms with Gasteiger partial charge in [-0.1, -0.05) is 23.7 Å². The van der Waals surface area contributed by atoms with Crippen LogP contribution in [0.2, 0.25) is 5.02 Å². The molecule has 0 saturated carbocycles. The number of ketones is 1. The Balaban J connectivity index is 1.91. The van der Waals surface area contributed by atoms with Crippen LogP contribution in [0.3, 0.4) is 0 Å². The molecule has 0 unspecified atom stereocenters. The fourth-order valence-electron chi connectivity index (χ4n) is 2.83. The van der Waals surface area contributed by atoms with Crippen molar-refractivity contribution in [1.82, 2.24) is 0 Å². The zero-order valence-corrected chi connectivity index (χ0v) is 18.5. The number of carbonyl (C=O) groups excluding carboxylic acids is 1. The van der Waals surface area contributed by atoms with E-state index < -0.39 is 18.2 Å². The standard InChI is InChI=1S/C23H27ClO7/c1-14(2)31-22(23(27)28)10-16-5-4-6-19(9-16)29-12-18(26)13-30-21-8-7-17(24)11-20(21)15(3)25/h4-9,11,14,18,22,26H,10,12-13H2,1-3H3,(H,27,28)/t18-,22-/m0/s1. The molecule has 0 aliphatic heterocycles. The molecular weight excluding hydrogens is 424 g/mol. The summed E-state index contributed by atoms with van der Waals surface area (Å²) in [5.74, 6) is -0.398. The van der Waals surface area contributed by atoms with Gasteiger partial charge in [-0.25, -0.2) is 4.79 Å².